The number of fused-ring (bicyclic) bond motifs is 4. The van der Waals surface area contributed by atoms with Crippen molar-refractivity contribution in [3.05, 3.63) is 73.5 Å². The first-order valence-electron chi connectivity index (χ1n) is 10.8. The van der Waals surface area contributed by atoms with Crippen molar-refractivity contribution in [2.75, 3.05) is 13.7 Å². The molecule has 0 amide bonds. The zero-order valence-corrected chi connectivity index (χ0v) is 20.7. The van der Waals surface area contributed by atoms with Crippen molar-refractivity contribution in [3.63, 3.8) is 0 Å². The predicted molar refractivity (Wildman–Crippen MR) is 124 cm³/mol. The lowest BCUT2D eigenvalue weighted by Crippen LogP contribution is -2.45. The molecule has 34 heavy (non-hydrogen) atoms. The fourth-order valence-electron chi connectivity index (χ4n) is 5.19. The number of ether oxygens (including phenoxy) is 2. The van der Waals surface area contributed by atoms with Gasteiger partial charge in [-0.25, -0.2) is 18.3 Å². The molecule has 0 saturated carbocycles. The number of hydrogen-bond donors (Lipinski definition) is 1. The van der Waals surface area contributed by atoms with Crippen molar-refractivity contribution in [2.24, 2.45) is 0 Å². The third kappa shape index (κ3) is 3.39. The topological polar surface area (TPSA) is 115 Å². The molecule has 2 aromatic carbocycles. The third-order valence-electron chi connectivity index (χ3n) is 6.72. The lowest BCUT2D eigenvalue weighted by molar-refractivity contribution is 0.134. The summed E-state index contributed by atoms with van der Waals surface area (Å²) in [6, 6.07) is 5.43. The van der Waals surface area contributed by atoms with Crippen LogP contribution >= 0.6 is 11.6 Å². The van der Waals surface area contributed by atoms with Crippen LogP contribution in [0.2, 0.25) is 5.02 Å². The van der Waals surface area contributed by atoms with Crippen LogP contribution in [-0.4, -0.2) is 36.6 Å². The van der Waals surface area contributed by atoms with E-state index in [1.54, 1.807) is 6.07 Å². The molecular formula is C23H24ClN3O6S. The van der Waals surface area contributed by atoms with Gasteiger partial charge in [-0.05, 0) is 42.2 Å². The number of nitrogens with zero attached hydrogens (tertiary/aromatic N) is 2. The van der Waals surface area contributed by atoms with Gasteiger partial charge < -0.3 is 13.9 Å². The van der Waals surface area contributed by atoms with Crippen LogP contribution in [0.5, 0.6) is 5.75 Å². The van der Waals surface area contributed by atoms with E-state index in [0.717, 1.165) is 22.3 Å². The van der Waals surface area contributed by atoms with E-state index in [-0.39, 0.29) is 35.7 Å². The molecular weight excluding hydrogens is 482 g/mol. The van der Waals surface area contributed by atoms with E-state index in [4.69, 9.17) is 25.5 Å². The van der Waals surface area contributed by atoms with Crippen LogP contribution in [-0.2, 0) is 21.4 Å². The Balaban J connectivity index is 1.83. The number of aromatic amines is 1. The molecule has 2 aliphatic rings. The molecule has 2 aliphatic heterocycles. The Hall–Kier alpha value is -2.66. The summed E-state index contributed by atoms with van der Waals surface area (Å²) in [4.78, 5) is 11.9. The summed E-state index contributed by atoms with van der Waals surface area (Å²) >= 11 is 6.28. The van der Waals surface area contributed by atoms with Gasteiger partial charge in [0, 0.05) is 29.7 Å². The number of rotatable bonds is 3. The molecule has 3 atom stereocenters. The summed E-state index contributed by atoms with van der Waals surface area (Å²) in [6.45, 7) is 6.01. The van der Waals surface area contributed by atoms with Gasteiger partial charge in [0.2, 0.25) is 15.9 Å². The largest absolute Gasteiger partial charge is 0.490 e. The summed E-state index contributed by atoms with van der Waals surface area (Å²) < 4.78 is 46.8. The lowest BCUT2D eigenvalue weighted by atomic mass is 9.79. The van der Waals surface area contributed by atoms with Crippen LogP contribution in [0.4, 0.5) is 0 Å². The molecule has 5 rings (SSSR count). The van der Waals surface area contributed by atoms with Crippen LogP contribution < -0.4 is 10.5 Å². The molecule has 0 bridgehead atoms. The highest BCUT2D eigenvalue weighted by molar-refractivity contribution is 7.89. The second kappa shape index (κ2) is 8.23. The van der Waals surface area contributed by atoms with Gasteiger partial charge in [0.25, 0.3) is 0 Å². The van der Waals surface area contributed by atoms with E-state index in [1.807, 2.05) is 32.9 Å². The first kappa shape index (κ1) is 23.1. The maximum absolute atomic E-state index is 14.4. The average molecular weight is 506 g/mol. The quantitative estimate of drug-likeness (QED) is 0.576. The summed E-state index contributed by atoms with van der Waals surface area (Å²) in [5, 5.41) is 6.65. The van der Waals surface area contributed by atoms with Crippen LogP contribution in [0.3, 0.4) is 0 Å². The third-order valence-corrected chi connectivity index (χ3v) is 8.96. The number of aryl methyl sites for hydroxylation is 1. The van der Waals surface area contributed by atoms with Crippen molar-refractivity contribution in [1.82, 2.24) is 14.5 Å². The van der Waals surface area contributed by atoms with Gasteiger partial charge in [0.1, 0.15) is 23.3 Å². The molecule has 11 heteroatoms. The smallest absolute Gasteiger partial charge is 0.434 e. The van der Waals surface area contributed by atoms with Crippen LogP contribution in [0.15, 0.2) is 38.4 Å². The van der Waals surface area contributed by atoms with Gasteiger partial charge in [0.15, 0.2) is 0 Å². The molecule has 0 saturated heterocycles. The minimum atomic E-state index is -4.18. The fourth-order valence-corrected chi connectivity index (χ4v) is 7.54. The monoisotopic (exact) mass is 505 g/mol. The summed E-state index contributed by atoms with van der Waals surface area (Å²) in [6.07, 6.45) is 0. The zero-order valence-electron chi connectivity index (χ0n) is 19.1. The molecule has 3 heterocycles. The van der Waals surface area contributed by atoms with Crippen LogP contribution in [0.1, 0.15) is 58.6 Å². The van der Waals surface area contributed by atoms with Crippen LogP contribution in [0.25, 0.3) is 0 Å². The Morgan fingerprint density at radius 2 is 2.06 bits per heavy atom. The van der Waals surface area contributed by atoms with Crippen molar-refractivity contribution in [3.8, 4) is 5.75 Å². The number of methoxy groups -OCH3 is 1. The van der Waals surface area contributed by atoms with E-state index >= 15 is 0 Å². The highest BCUT2D eigenvalue weighted by Crippen LogP contribution is 2.53. The highest BCUT2D eigenvalue weighted by atomic mass is 35.5. The molecule has 9 nitrogen and oxygen atoms in total. The van der Waals surface area contributed by atoms with Crippen LogP contribution in [0, 0.1) is 13.8 Å². The summed E-state index contributed by atoms with van der Waals surface area (Å²) in [5.74, 6) is -0.939. The van der Waals surface area contributed by atoms with Gasteiger partial charge in [-0.3, -0.25) is 0 Å². The molecule has 1 N–H and O–H groups in total. The Bertz CT molecular complexity index is 1450. The standard InChI is InChI=1S/C23H24ClN3O6S/c1-11-5-6-16-17-10-32-18-8-15(24)7-14(9-31-4)21(18)34(29,30)27(17)20(13(3)19(16)12(11)2)22-25-26-23(28)33-22/h5-8,13,17,20H,9-10H2,1-4H3,(H,26,28)/t13?,17?,20-/m0/s1. The van der Waals surface area contributed by atoms with Crippen molar-refractivity contribution in [2.45, 2.75) is 50.3 Å². The zero-order chi connectivity index (χ0) is 24.4. The maximum atomic E-state index is 14.4. The van der Waals surface area contributed by atoms with E-state index in [0.29, 0.717) is 10.6 Å². The number of H-pyrrole nitrogens is 1. The van der Waals surface area contributed by atoms with Crippen molar-refractivity contribution < 1.29 is 22.3 Å². The fraction of sp³-hybridized carbons (Fsp3) is 0.391. The van der Waals surface area contributed by atoms with Crippen molar-refractivity contribution >= 4 is 21.6 Å². The van der Waals surface area contributed by atoms with Crippen molar-refractivity contribution in [1.29, 1.82) is 0 Å². The Morgan fingerprint density at radius 1 is 1.29 bits per heavy atom. The van der Waals surface area contributed by atoms with E-state index in [1.165, 1.54) is 17.5 Å². The summed E-state index contributed by atoms with van der Waals surface area (Å²) in [5.41, 5.74) is 4.36. The van der Waals surface area contributed by atoms with Gasteiger partial charge >= 0.3 is 5.76 Å². The molecule has 0 radical (unpaired) electrons. The Morgan fingerprint density at radius 3 is 2.74 bits per heavy atom. The average Bonchev–Trinajstić information content (AvgIpc) is 3.15. The van der Waals surface area contributed by atoms with Gasteiger partial charge in [-0.15, -0.1) is 5.10 Å². The summed E-state index contributed by atoms with van der Waals surface area (Å²) in [7, 11) is -2.70. The number of nitrogens with one attached hydrogen (secondary N) is 1. The van der Waals surface area contributed by atoms with Gasteiger partial charge in [0.05, 0.1) is 12.6 Å². The molecule has 0 spiro atoms. The van der Waals surface area contributed by atoms with Gasteiger partial charge in [-0.1, -0.05) is 30.7 Å². The normalized spacial score (nSPS) is 23.4. The van der Waals surface area contributed by atoms with E-state index < -0.39 is 27.9 Å². The lowest BCUT2D eigenvalue weighted by Gasteiger charge is -2.43. The first-order valence-corrected chi connectivity index (χ1v) is 12.6. The Labute approximate surface area is 201 Å². The molecule has 180 valence electrons. The number of aromatic nitrogens is 2. The molecule has 1 aromatic heterocycles. The highest BCUT2D eigenvalue weighted by Gasteiger charge is 2.52. The number of halogens is 1. The number of sulfonamides is 1. The molecule has 3 aromatic rings. The Kier molecular flexibility index (Phi) is 5.59. The second-order valence-electron chi connectivity index (χ2n) is 8.68. The first-order chi connectivity index (χ1) is 16.1. The molecule has 0 aliphatic carbocycles. The number of benzene rings is 2. The number of hydrogen-bond acceptors (Lipinski definition) is 7. The minimum absolute atomic E-state index is 0.00309. The second-order valence-corrected chi connectivity index (χ2v) is 10.9. The predicted octanol–water partition coefficient (Wildman–Crippen LogP) is 3.76. The SMILES string of the molecule is COCc1cc(Cl)cc2c1S(=O)(=O)N1C(CO2)c2ccc(C)c(C)c2C(C)[C@H]1c1n[nH]c(=O)o1. The van der Waals surface area contributed by atoms with E-state index in [9.17, 15) is 13.2 Å². The molecule has 0 fully saturated rings. The maximum Gasteiger partial charge on any atom is 0.434 e. The molecule has 2 unspecified atom stereocenters. The van der Waals surface area contributed by atoms with E-state index in [2.05, 4.69) is 10.2 Å². The van der Waals surface area contributed by atoms with Gasteiger partial charge in [-0.2, -0.15) is 4.31 Å². The minimum Gasteiger partial charge on any atom is -0.490 e.